The summed E-state index contributed by atoms with van der Waals surface area (Å²) >= 11 is 5.97. The zero-order chi connectivity index (χ0) is 18.4. The third kappa shape index (κ3) is 6.12. The Bertz CT molecular complexity index is 752. The number of halogens is 1. The van der Waals surface area contributed by atoms with Crippen molar-refractivity contribution in [3.8, 4) is 5.75 Å². The van der Waals surface area contributed by atoms with Crippen molar-refractivity contribution in [1.29, 1.82) is 0 Å². The van der Waals surface area contributed by atoms with Crippen LogP contribution < -0.4 is 15.4 Å². The molecule has 132 valence electrons. The van der Waals surface area contributed by atoms with Gasteiger partial charge < -0.3 is 15.4 Å². The van der Waals surface area contributed by atoms with Crippen LogP contribution >= 0.6 is 11.6 Å². The second-order valence-electron chi connectivity index (χ2n) is 6.55. The van der Waals surface area contributed by atoms with E-state index in [1.54, 1.807) is 48.5 Å². The van der Waals surface area contributed by atoms with E-state index in [1.165, 1.54) is 0 Å². The van der Waals surface area contributed by atoms with Crippen molar-refractivity contribution in [3.63, 3.8) is 0 Å². The lowest BCUT2D eigenvalue weighted by atomic mass is 10.1. The quantitative estimate of drug-likeness (QED) is 0.850. The Hall–Kier alpha value is -2.53. The summed E-state index contributed by atoms with van der Waals surface area (Å²) in [6.07, 6.45) is 0. The third-order valence-corrected chi connectivity index (χ3v) is 3.43. The lowest BCUT2D eigenvalue weighted by Gasteiger charge is -2.20. The molecule has 25 heavy (non-hydrogen) atoms. The van der Waals surface area contributed by atoms with Crippen molar-refractivity contribution >= 4 is 29.1 Å². The fraction of sp³-hybridized carbons (Fsp3) is 0.263. The van der Waals surface area contributed by atoms with Crippen molar-refractivity contribution in [2.75, 3.05) is 11.9 Å². The van der Waals surface area contributed by atoms with Gasteiger partial charge in [-0.1, -0.05) is 23.7 Å². The summed E-state index contributed by atoms with van der Waals surface area (Å²) in [6, 6.07) is 13.6. The molecular formula is C19H21ClN2O3. The SMILES string of the molecule is CC(C)(C)NC(=O)c1ccc(NC(=O)COc2ccccc2Cl)cc1. The molecule has 0 unspecified atom stereocenters. The molecule has 2 aromatic carbocycles. The van der Waals surface area contributed by atoms with Crippen LogP contribution in [0.3, 0.4) is 0 Å². The fourth-order valence-electron chi connectivity index (χ4n) is 2.02. The van der Waals surface area contributed by atoms with Gasteiger partial charge >= 0.3 is 0 Å². The van der Waals surface area contributed by atoms with E-state index in [2.05, 4.69) is 10.6 Å². The van der Waals surface area contributed by atoms with Gasteiger partial charge in [-0.05, 0) is 57.2 Å². The summed E-state index contributed by atoms with van der Waals surface area (Å²) in [7, 11) is 0. The van der Waals surface area contributed by atoms with E-state index in [0.29, 0.717) is 22.0 Å². The number of carbonyl (C=O) groups is 2. The van der Waals surface area contributed by atoms with Gasteiger partial charge in [-0.2, -0.15) is 0 Å². The molecule has 0 heterocycles. The van der Waals surface area contributed by atoms with Gasteiger partial charge in [0.25, 0.3) is 11.8 Å². The maximum Gasteiger partial charge on any atom is 0.262 e. The van der Waals surface area contributed by atoms with E-state index in [9.17, 15) is 9.59 Å². The minimum atomic E-state index is -0.313. The third-order valence-electron chi connectivity index (χ3n) is 3.11. The molecule has 2 rings (SSSR count). The maximum atomic E-state index is 12.1. The minimum Gasteiger partial charge on any atom is -0.482 e. The van der Waals surface area contributed by atoms with Gasteiger partial charge in [0.05, 0.1) is 5.02 Å². The lowest BCUT2D eigenvalue weighted by Crippen LogP contribution is -2.40. The van der Waals surface area contributed by atoms with Gasteiger partial charge in [-0.3, -0.25) is 9.59 Å². The van der Waals surface area contributed by atoms with Crippen LogP contribution in [0.4, 0.5) is 5.69 Å². The highest BCUT2D eigenvalue weighted by atomic mass is 35.5. The number of anilines is 1. The number of nitrogens with one attached hydrogen (secondary N) is 2. The van der Waals surface area contributed by atoms with E-state index < -0.39 is 0 Å². The summed E-state index contributed by atoms with van der Waals surface area (Å²) in [5, 5.41) is 6.04. The van der Waals surface area contributed by atoms with Gasteiger partial charge in [0.1, 0.15) is 5.75 Å². The first kappa shape index (κ1) is 18.8. The highest BCUT2D eigenvalue weighted by Gasteiger charge is 2.15. The molecule has 5 nitrogen and oxygen atoms in total. The zero-order valence-electron chi connectivity index (χ0n) is 14.4. The molecular weight excluding hydrogens is 340 g/mol. The van der Waals surface area contributed by atoms with Crippen molar-refractivity contribution in [1.82, 2.24) is 5.32 Å². The second kappa shape index (κ2) is 8.03. The minimum absolute atomic E-state index is 0.157. The van der Waals surface area contributed by atoms with Gasteiger partial charge in [-0.25, -0.2) is 0 Å². The molecule has 0 bridgehead atoms. The number of amides is 2. The molecule has 0 aliphatic carbocycles. The molecule has 0 aliphatic heterocycles. The molecule has 0 spiro atoms. The summed E-state index contributed by atoms with van der Waals surface area (Å²) in [5.41, 5.74) is 0.806. The number of para-hydroxylation sites is 1. The molecule has 0 fully saturated rings. The summed E-state index contributed by atoms with van der Waals surface area (Å²) < 4.78 is 5.38. The van der Waals surface area contributed by atoms with E-state index >= 15 is 0 Å². The first-order valence-electron chi connectivity index (χ1n) is 7.84. The summed E-state index contributed by atoms with van der Waals surface area (Å²) in [5.74, 6) is -0.0206. The first-order valence-corrected chi connectivity index (χ1v) is 8.22. The molecule has 0 saturated carbocycles. The summed E-state index contributed by atoms with van der Waals surface area (Å²) in [4.78, 5) is 24.0. The number of ether oxygens (including phenoxy) is 1. The Balaban J connectivity index is 1.89. The molecule has 0 atom stereocenters. The largest absolute Gasteiger partial charge is 0.482 e. The molecule has 0 radical (unpaired) electrons. The van der Waals surface area contributed by atoms with Crippen molar-refractivity contribution in [2.45, 2.75) is 26.3 Å². The fourth-order valence-corrected chi connectivity index (χ4v) is 2.21. The zero-order valence-corrected chi connectivity index (χ0v) is 15.2. The Morgan fingerprint density at radius 1 is 1.04 bits per heavy atom. The average Bonchev–Trinajstić information content (AvgIpc) is 2.53. The van der Waals surface area contributed by atoms with E-state index in [4.69, 9.17) is 16.3 Å². The molecule has 0 saturated heterocycles. The molecule has 2 N–H and O–H groups in total. The van der Waals surface area contributed by atoms with E-state index in [-0.39, 0.29) is 24.0 Å². The van der Waals surface area contributed by atoms with Gasteiger partial charge in [0, 0.05) is 16.8 Å². The predicted octanol–water partition coefficient (Wildman–Crippen LogP) is 3.89. The molecule has 0 aliphatic rings. The monoisotopic (exact) mass is 360 g/mol. The molecule has 2 aromatic rings. The van der Waals surface area contributed by atoms with Crippen molar-refractivity contribution in [2.24, 2.45) is 0 Å². The van der Waals surface area contributed by atoms with Crippen LogP contribution in [0.15, 0.2) is 48.5 Å². The van der Waals surface area contributed by atoms with Crippen LogP contribution in [0.25, 0.3) is 0 Å². The highest BCUT2D eigenvalue weighted by molar-refractivity contribution is 6.32. The van der Waals surface area contributed by atoms with Crippen LogP contribution in [-0.2, 0) is 4.79 Å². The second-order valence-corrected chi connectivity index (χ2v) is 6.96. The van der Waals surface area contributed by atoms with Crippen LogP contribution in [0.2, 0.25) is 5.02 Å². The Morgan fingerprint density at radius 2 is 1.68 bits per heavy atom. The van der Waals surface area contributed by atoms with Crippen LogP contribution in [-0.4, -0.2) is 24.0 Å². The average molecular weight is 361 g/mol. The van der Waals surface area contributed by atoms with Crippen LogP contribution in [0, 0.1) is 0 Å². The first-order chi connectivity index (χ1) is 11.7. The number of benzene rings is 2. The lowest BCUT2D eigenvalue weighted by molar-refractivity contribution is -0.118. The standard InChI is InChI=1S/C19H21ClN2O3/c1-19(2,3)22-18(24)13-8-10-14(11-9-13)21-17(23)12-25-16-7-5-4-6-15(16)20/h4-11H,12H2,1-3H3,(H,21,23)(H,22,24). The number of hydrogen-bond acceptors (Lipinski definition) is 3. The predicted molar refractivity (Wildman–Crippen MR) is 99.2 cm³/mol. The maximum absolute atomic E-state index is 12.1. The molecule has 6 heteroatoms. The smallest absolute Gasteiger partial charge is 0.262 e. The van der Waals surface area contributed by atoms with E-state index in [0.717, 1.165) is 0 Å². The summed E-state index contributed by atoms with van der Waals surface area (Å²) in [6.45, 7) is 5.59. The van der Waals surface area contributed by atoms with Crippen LogP contribution in [0.5, 0.6) is 5.75 Å². The Kier molecular flexibility index (Phi) is 6.04. The van der Waals surface area contributed by atoms with Gasteiger partial charge in [-0.15, -0.1) is 0 Å². The number of carbonyl (C=O) groups excluding carboxylic acids is 2. The normalized spacial score (nSPS) is 10.9. The number of hydrogen-bond donors (Lipinski definition) is 2. The Labute approximate surface area is 152 Å². The number of rotatable bonds is 5. The van der Waals surface area contributed by atoms with Gasteiger partial charge in [0.15, 0.2) is 6.61 Å². The van der Waals surface area contributed by atoms with Crippen molar-refractivity contribution < 1.29 is 14.3 Å². The Morgan fingerprint density at radius 3 is 2.28 bits per heavy atom. The van der Waals surface area contributed by atoms with Crippen LogP contribution in [0.1, 0.15) is 31.1 Å². The van der Waals surface area contributed by atoms with Crippen molar-refractivity contribution in [3.05, 3.63) is 59.1 Å². The molecule has 2 amide bonds. The topological polar surface area (TPSA) is 67.4 Å². The molecule has 0 aromatic heterocycles. The highest BCUT2D eigenvalue weighted by Crippen LogP contribution is 2.23. The van der Waals surface area contributed by atoms with E-state index in [1.807, 2.05) is 20.8 Å². The van der Waals surface area contributed by atoms with Gasteiger partial charge in [0.2, 0.25) is 0 Å².